The van der Waals surface area contributed by atoms with Crippen molar-refractivity contribution in [3.63, 3.8) is 0 Å². The summed E-state index contributed by atoms with van der Waals surface area (Å²) < 4.78 is 7.91. The highest BCUT2D eigenvalue weighted by Gasteiger charge is 2.20. The van der Waals surface area contributed by atoms with E-state index in [4.69, 9.17) is 15.5 Å². The average Bonchev–Trinajstić information content (AvgIpc) is 3.13. The lowest BCUT2D eigenvalue weighted by Gasteiger charge is -2.23. The van der Waals surface area contributed by atoms with Crippen LogP contribution in [0.4, 0.5) is 5.82 Å². The molecule has 1 atom stereocenters. The van der Waals surface area contributed by atoms with Crippen LogP contribution in [0.15, 0.2) is 48.8 Å². The standard InChI is InChI=1S/C21H21N5O/c22-20-19-21(26(13-23-19)18-10-3-4-11-27-18)25-17(24-20)12-15-8-5-7-14-6-1-2-9-16(14)15/h1-2,5-9,13,18H,3-4,10-12H2,(H2,22,24,25). The van der Waals surface area contributed by atoms with E-state index in [2.05, 4.69) is 52.4 Å². The van der Waals surface area contributed by atoms with Gasteiger partial charge < -0.3 is 10.5 Å². The van der Waals surface area contributed by atoms with Gasteiger partial charge in [-0.25, -0.2) is 15.0 Å². The largest absolute Gasteiger partial charge is 0.382 e. The van der Waals surface area contributed by atoms with Crippen molar-refractivity contribution in [2.45, 2.75) is 31.9 Å². The molecule has 0 radical (unpaired) electrons. The van der Waals surface area contributed by atoms with Gasteiger partial charge in [-0.1, -0.05) is 42.5 Å². The van der Waals surface area contributed by atoms with Crippen molar-refractivity contribution in [2.24, 2.45) is 0 Å². The molecule has 0 saturated carbocycles. The summed E-state index contributed by atoms with van der Waals surface area (Å²) in [5.41, 5.74) is 8.78. The zero-order valence-corrected chi connectivity index (χ0v) is 15.0. The van der Waals surface area contributed by atoms with Gasteiger partial charge in [-0.2, -0.15) is 0 Å². The lowest BCUT2D eigenvalue weighted by molar-refractivity contribution is -0.0298. The van der Waals surface area contributed by atoms with E-state index in [9.17, 15) is 0 Å². The molecule has 0 amide bonds. The van der Waals surface area contributed by atoms with Crippen molar-refractivity contribution in [1.82, 2.24) is 19.5 Å². The lowest BCUT2D eigenvalue weighted by Crippen LogP contribution is -2.18. The minimum atomic E-state index is -0.0246. The number of hydrogen-bond donors (Lipinski definition) is 1. The maximum Gasteiger partial charge on any atom is 0.167 e. The Morgan fingerprint density at radius 3 is 2.85 bits per heavy atom. The third-order valence-electron chi connectivity index (χ3n) is 5.19. The summed E-state index contributed by atoms with van der Waals surface area (Å²) in [4.78, 5) is 13.7. The molecule has 2 aromatic heterocycles. The fourth-order valence-electron chi connectivity index (χ4n) is 3.84. The van der Waals surface area contributed by atoms with Crippen LogP contribution in [0.3, 0.4) is 0 Å². The predicted octanol–water partition coefficient (Wildman–Crippen LogP) is 3.85. The first-order chi connectivity index (χ1) is 13.3. The zero-order chi connectivity index (χ0) is 18.2. The van der Waals surface area contributed by atoms with Crippen LogP contribution < -0.4 is 5.73 Å². The molecule has 1 unspecified atom stereocenters. The molecular weight excluding hydrogens is 338 g/mol. The summed E-state index contributed by atoms with van der Waals surface area (Å²) in [6, 6.07) is 14.7. The Bertz CT molecular complexity index is 1110. The molecule has 5 rings (SSSR count). The minimum absolute atomic E-state index is 0.0246. The summed E-state index contributed by atoms with van der Waals surface area (Å²) >= 11 is 0. The number of aromatic nitrogens is 4. The number of hydrogen-bond acceptors (Lipinski definition) is 5. The van der Waals surface area contributed by atoms with Crippen molar-refractivity contribution in [3.05, 3.63) is 60.2 Å². The Labute approximate surface area is 157 Å². The van der Waals surface area contributed by atoms with Crippen molar-refractivity contribution < 1.29 is 4.74 Å². The van der Waals surface area contributed by atoms with Gasteiger partial charge in [0.25, 0.3) is 0 Å². The van der Waals surface area contributed by atoms with E-state index < -0.39 is 0 Å². The van der Waals surface area contributed by atoms with Crippen molar-refractivity contribution >= 4 is 27.8 Å². The number of nitrogens with zero attached hydrogens (tertiary/aromatic N) is 4. The van der Waals surface area contributed by atoms with E-state index >= 15 is 0 Å². The van der Waals surface area contributed by atoms with E-state index in [1.54, 1.807) is 6.33 Å². The quantitative estimate of drug-likeness (QED) is 0.601. The summed E-state index contributed by atoms with van der Waals surface area (Å²) in [5, 5.41) is 2.43. The predicted molar refractivity (Wildman–Crippen MR) is 105 cm³/mol. The average molecular weight is 359 g/mol. The molecule has 27 heavy (non-hydrogen) atoms. The normalized spacial score (nSPS) is 17.6. The molecule has 4 aromatic rings. The molecule has 0 spiro atoms. The molecule has 0 bridgehead atoms. The number of rotatable bonds is 3. The number of fused-ring (bicyclic) bond motifs is 2. The van der Waals surface area contributed by atoms with E-state index in [-0.39, 0.29) is 6.23 Å². The fraction of sp³-hybridized carbons (Fsp3) is 0.286. The van der Waals surface area contributed by atoms with Gasteiger partial charge in [0.05, 0.1) is 6.33 Å². The van der Waals surface area contributed by atoms with E-state index in [0.29, 0.717) is 23.6 Å². The second-order valence-electron chi connectivity index (χ2n) is 6.99. The van der Waals surface area contributed by atoms with Gasteiger partial charge >= 0.3 is 0 Å². The maximum absolute atomic E-state index is 6.20. The van der Waals surface area contributed by atoms with Crippen LogP contribution in [0.2, 0.25) is 0 Å². The van der Waals surface area contributed by atoms with Crippen molar-refractivity contribution in [3.8, 4) is 0 Å². The van der Waals surface area contributed by atoms with Crippen LogP contribution in [-0.4, -0.2) is 26.1 Å². The summed E-state index contributed by atoms with van der Waals surface area (Å²) in [5.74, 6) is 1.12. The zero-order valence-electron chi connectivity index (χ0n) is 15.0. The molecule has 2 N–H and O–H groups in total. The maximum atomic E-state index is 6.20. The first kappa shape index (κ1) is 16.2. The number of anilines is 1. The Balaban J connectivity index is 1.57. The smallest absolute Gasteiger partial charge is 0.167 e. The van der Waals surface area contributed by atoms with Gasteiger partial charge in [0, 0.05) is 13.0 Å². The molecule has 1 aliphatic rings. The highest BCUT2D eigenvalue weighted by molar-refractivity contribution is 5.86. The van der Waals surface area contributed by atoms with Gasteiger partial charge in [-0.3, -0.25) is 4.57 Å². The Morgan fingerprint density at radius 2 is 1.96 bits per heavy atom. The Morgan fingerprint density at radius 1 is 1.07 bits per heavy atom. The van der Waals surface area contributed by atoms with Crippen molar-refractivity contribution in [1.29, 1.82) is 0 Å². The van der Waals surface area contributed by atoms with Gasteiger partial charge in [-0.05, 0) is 35.6 Å². The number of imidazole rings is 1. The number of nitrogen functional groups attached to an aromatic ring is 1. The number of nitrogens with two attached hydrogens (primary N) is 1. The van der Waals surface area contributed by atoms with Gasteiger partial charge in [0.2, 0.25) is 0 Å². The monoisotopic (exact) mass is 359 g/mol. The topological polar surface area (TPSA) is 78.9 Å². The van der Waals surface area contributed by atoms with Crippen molar-refractivity contribution in [2.75, 3.05) is 12.3 Å². The first-order valence-electron chi connectivity index (χ1n) is 9.37. The van der Waals surface area contributed by atoms with E-state index in [1.807, 2.05) is 4.57 Å². The van der Waals surface area contributed by atoms with Gasteiger partial charge in [-0.15, -0.1) is 0 Å². The molecule has 3 heterocycles. The molecule has 0 aliphatic carbocycles. The summed E-state index contributed by atoms with van der Waals surface area (Å²) in [7, 11) is 0. The van der Waals surface area contributed by atoms with Crippen LogP contribution in [0, 0.1) is 0 Å². The lowest BCUT2D eigenvalue weighted by atomic mass is 10.0. The highest BCUT2D eigenvalue weighted by Crippen LogP contribution is 2.28. The Kier molecular flexibility index (Phi) is 3.98. The molecule has 2 aromatic carbocycles. The van der Waals surface area contributed by atoms with Crippen LogP contribution in [-0.2, 0) is 11.2 Å². The van der Waals surface area contributed by atoms with E-state index in [1.165, 1.54) is 16.3 Å². The SMILES string of the molecule is Nc1nc(Cc2cccc3ccccc23)nc2c1ncn2C1CCCCO1. The van der Waals surface area contributed by atoms with Crippen LogP contribution in [0.1, 0.15) is 36.9 Å². The van der Waals surface area contributed by atoms with Crippen LogP contribution in [0.25, 0.3) is 21.9 Å². The molecular formula is C21H21N5O. The second kappa shape index (κ2) is 6.63. The molecule has 1 fully saturated rings. The number of ether oxygens (including phenoxy) is 1. The second-order valence-corrected chi connectivity index (χ2v) is 6.99. The first-order valence-corrected chi connectivity index (χ1v) is 9.37. The third kappa shape index (κ3) is 2.92. The van der Waals surface area contributed by atoms with Gasteiger partial charge in [0.15, 0.2) is 11.5 Å². The molecule has 6 heteroatoms. The van der Waals surface area contributed by atoms with Crippen LogP contribution in [0.5, 0.6) is 0 Å². The van der Waals surface area contributed by atoms with Crippen LogP contribution >= 0.6 is 0 Å². The molecule has 1 saturated heterocycles. The molecule has 6 nitrogen and oxygen atoms in total. The fourth-order valence-corrected chi connectivity index (χ4v) is 3.84. The van der Waals surface area contributed by atoms with E-state index in [0.717, 1.165) is 31.5 Å². The highest BCUT2D eigenvalue weighted by atomic mass is 16.5. The Hall–Kier alpha value is -2.99. The minimum Gasteiger partial charge on any atom is -0.382 e. The summed E-state index contributed by atoms with van der Waals surface area (Å²) in [6.45, 7) is 0.772. The molecule has 1 aliphatic heterocycles. The van der Waals surface area contributed by atoms with Gasteiger partial charge in [0.1, 0.15) is 17.6 Å². The number of benzene rings is 2. The summed E-state index contributed by atoms with van der Waals surface area (Å²) in [6.07, 6.45) is 5.59. The third-order valence-corrected chi connectivity index (χ3v) is 5.19. The molecule has 136 valence electrons.